The predicted octanol–water partition coefficient (Wildman–Crippen LogP) is 3.42. The Balaban J connectivity index is 1.90. The van der Waals surface area contributed by atoms with E-state index in [9.17, 15) is 18.0 Å². The first kappa shape index (κ1) is 16.7. The highest BCUT2D eigenvalue weighted by Crippen LogP contribution is 2.24. The van der Waals surface area contributed by atoms with Crippen molar-refractivity contribution in [2.75, 3.05) is 19.8 Å². The van der Waals surface area contributed by atoms with Crippen LogP contribution in [0.4, 0.5) is 13.2 Å². The van der Waals surface area contributed by atoms with E-state index in [2.05, 4.69) is 4.98 Å². The minimum absolute atomic E-state index is 0.0319. The lowest BCUT2D eigenvalue weighted by molar-refractivity contribution is -0.147. The number of aromatic nitrogens is 1. The molecule has 1 fully saturated rings. The average Bonchev–Trinajstić information content (AvgIpc) is 2.58. The number of nitrogens with zero attached hydrogens (tertiary/aromatic N) is 2. The fraction of sp³-hybridized carbons (Fsp3) is 0.412. The molecule has 1 aliphatic rings. The number of benzene rings is 1. The van der Waals surface area contributed by atoms with Crippen molar-refractivity contribution in [2.24, 2.45) is 0 Å². The van der Waals surface area contributed by atoms with Crippen LogP contribution in [0.15, 0.2) is 36.4 Å². The SMILES string of the molecule is O=C(c1ccc2ccccc2n1)N(CC(F)(F)F)C1CCOCC1. The first-order chi connectivity index (χ1) is 11.4. The zero-order chi connectivity index (χ0) is 17.2. The molecule has 1 aliphatic heterocycles. The molecule has 0 saturated carbocycles. The summed E-state index contributed by atoms with van der Waals surface area (Å²) >= 11 is 0. The van der Waals surface area contributed by atoms with Crippen LogP contribution in [-0.4, -0.2) is 47.8 Å². The zero-order valence-electron chi connectivity index (χ0n) is 12.9. The number of para-hydroxylation sites is 1. The second-order valence-electron chi connectivity index (χ2n) is 5.78. The van der Waals surface area contributed by atoms with Crippen molar-refractivity contribution < 1.29 is 22.7 Å². The second kappa shape index (κ2) is 6.76. The largest absolute Gasteiger partial charge is 0.406 e. The maximum Gasteiger partial charge on any atom is 0.406 e. The van der Waals surface area contributed by atoms with Gasteiger partial charge in [0.1, 0.15) is 12.2 Å². The number of hydrogen-bond acceptors (Lipinski definition) is 3. The minimum atomic E-state index is -4.45. The Labute approximate surface area is 137 Å². The Morgan fingerprint density at radius 2 is 1.88 bits per heavy atom. The minimum Gasteiger partial charge on any atom is -0.381 e. The topological polar surface area (TPSA) is 42.4 Å². The van der Waals surface area contributed by atoms with Gasteiger partial charge < -0.3 is 9.64 Å². The van der Waals surface area contributed by atoms with Crippen LogP contribution >= 0.6 is 0 Å². The van der Waals surface area contributed by atoms with Gasteiger partial charge in [0.05, 0.1) is 5.52 Å². The van der Waals surface area contributed by atoms with E-state index in [0.29, 0.717) is 31.6 Å². The summed E-state index contributed by atoms with van der Waals surface area (Å²) in [6.07, 6.45) is -3.66. The fourth-order valence-electron chi connectivity index (χ4n) is 2.89. The number of halogens is 3. The molecule has 0 radical (unpaired) electrons. The molecule has 4 nitrogen and oxygen atoms in total. The third kappa shape index (κ3) is 3.84. The van der Waals surface area contributed by atoms with Crippen molar-refractivity contribution in [3.63, 3.8) is 0 Å². The molecular formula is C17H17F3N2O2. The molecule has 0 aliphatic carbocycles. The number of rotatable bonds is 3. The predicted molar refractivity (Wildman–Crippen MR) is 82.7 cm³/mol. The summed E-state index contributed by atoms with van der Waals surface area (Å²) in [7, 11) is 0. The number of hydrogen-bond donors (Lipinski definition) is 0. The van der Waals surface area contributed by atoms with Crippen LogP contribution in [0.1, 0.15) is 23.3 Å². The fourth-order valence-corrected chi connectivity index (χ4v) is 2.89. The maximum absolute atomic E-state index is 12.9. The van der Waals surface area contributed by atoms with Gasteiger partial charge in [0.25, 0.3) is 5.91 Å². The third-order valence-corrected chi connectivity index (χ3v) is 4.06. The van der Waals surface area contributed by atoms with Crippen LogP contribution in [-0.2, 0) is 4.74 Å². The van der Waals surface area contributed by atoms with Crippen molar-refractivity contribution in [3.05, 3.63) is 42.1 Å². The Hall–Kier alpha value is -2.15. The molecule has 2 heterocycles. The maximum atomic E-state index is 12.9. The number of fused-ring (bicyclic) bond motifs is 1. The van der Waals surface area contributed by atoms with Crippen molar-refractivity contribution in [1.82, 2.24) is 9.88 Å². The molecule has 24 heavy (non-hydrogen) atoms. The van der Waals surface area contributed by atoms with Gasteiger partial charge in [-0.1, -0.05) is 24.3 Å². The summed E-state index contributed by atoms with van der Waals surface area (Å²) in [5.41, 5.74) is 0.617. The van der Waals surface area contributed by atoms with Crippen LogP contribution in [0.2, 0.25) is 0 Å². The molecule has 7 heteroatoms. The number of alkyl halides is 3. The van der Waals surface area contributed by atoms with E-state index in [1.807, 2.05) is 12.1 Å². The van der Waals surface area contributed by atoms with Crippen molar-refractivity contribution in [3.8, 4) is 0 Å². The van der Waals surface area contributed by atoms with E-state index in [4.69, 9.17) is 4.74 Å². The van der Waals surface area contributed by atoms with Crippen LogP contribution in [0.5, 0.6) is 0 Å². The summed E-state index contributed by atoms with van der Waals surface area (Å²) in [6.45, 7) is -0.556. The molecule has 1 saturated heterocycles. The van der Waals surface area contributed by atoms with Gasteiger partial charge in [0, 0.05) is 24.6 Å². The van der Waals surface area contributed by atoms with E-state index in [1.54, 1.807) is 18.2 Å². The molecular weight excluding hydrogens is 321 g/mol. The lowest BCUT2D eigenvalue weighted by Crippen LogP contribution is -2.48. The Kier molecular flexibility index (Phi) is 4.71. The van der Waals surface area contributed by atoms with E-state index in [-0.39, 0.29) is 5.69 Å². The van der Waals surface area contributed by atoms with Gasteiger partial charge in [-0.3, -0.25) is 4.79 Å². The van der Waals surface area contributed by atoms with Gasteiger partial charge in [-0.25, -0.2) is 4.98 Å². The molecule has 1 aromatic heterocycles. The highest BCUT2D eigenvalue weighted by molar-refractivity contribution is 5.95. The van der Waals surface area contributed by atoms with Crippen LogP contribution in [0.25, 0.3) is 10.9 Å². The molecule has 128 valence electrons. The smallest absolute Gasteiger partial charge is 0.381 e. The number of pyridine rings is 1. The molecule has 0 spiro atoms. The van der Waals surface area contributed by atoms with Gasteiger partial charge in [-0.15, -0.1) is 0 Å². The molecule has 2 aromatic rings. The van der Waals surface area contributed by atoms with Gasteiger partial charge >= 0.3 is 6.18 Å². The number of carbonyl (C=O) groups is 1. The highest BCUT2D eigenvalue weighted by atomic mass is 19.4. The van der Waals surface area contributed by atoms with Crippen molar-refractivity contribution in [2.45, 2.75) is 25.1 Å². The lowest BCUT2D eigenvalue weighted by Gasteiger charge is -2.34. The number of carbonyl (C=O) groups excluding carboxylic acids is 1. The highest BCUT2D eigenvalue weighted by Gasteiger charge is 2.37. The summed E-state index contributed by atoms with van der Waals surface area (Å²) in [5.74, 6) is -0.690. The van der Waals surface area contributed by atoms with E-state index < -0.39 is 24.7 Å². The monoisotopic (exact) mass is 338 g/mol. The molecule has 1 amide bonds. The zero-order valence-corrected chi connectivity index (χ0v) is 12.9. The van der Waals surface area contributed by atoms with E-state index in [1.165, 1.54) is 6.07 Å². The average molecular weight is 338 g/mol. The third-order valence-electron chi connectivity index (χ3n) is 4.06. The Morgan fingerprint density at radius 3 is 2.58 bits per heavy atom. The van der Waals surface area contributed by atoms with Gasteiger partial charge in [0.15, 0.2) is 0 Å². The van der Waals surface area contributed by atoms with Gasteiger partial charge in [-0.2, -0.15) is 13.2 Å². The number of amides is 1. The first-order valence-corrected chi connectivity index (χ1v) is 7.75. The second-order valence-corrected chi connectivity index (χ2v) is 5.78. The summed E-state index contributed by atoms with van der Waals surface area (Å²) in [4.78, 5) is 17.8. The number of ether oxygens (including phenoxy) is 1. The van der Waals surface area contributed by atoms with Crippen molar-refractivity contribution in [1.29, 1.82) is 0 Å². The van der Waals surface area contributed by atoms with Crippen molar-refractivity contribution >= 4 is 16.8 Å². The Bertz CT molecular complexity index is 727. The van der Waals surface area contributed by atoms with E-state index in [0.717, 1.165) is 10.3 Å². The van der Waals surface area contributed by atoms with Crippen LogP contribution in [0.3, 0.4) is 0 Å². The first-order valence-electron chi connectivity index (χ1n) is 7.75. The van der Waals surface area contributed by atoms with Gasteiger partial charge in [0.2, 0.25) is 0 Å². The quantitative estimate of drug-likeness (QED) is 0.861. The summed E-state index contributed by atoms with van der Waals surface area (Å²) in [5, 5.41) is 0.836. The summed E-state index contributed by atoms with van der Waals surface area (Å²) < 4.78 is 44.0. The summed E-state index contributed by atoms with van der Waals surface area (Å²) in [6, 6.07) is 9.87. The molecule has 0 unspecified atom stereocenters. The molecule has 0 N–H and O–H groups in total. The normalized spacial score (nSPS) is 16.3. The van der Waals surface area contributed by atoms with Crippen LogP contribution < -0.4 is 0 Å². The van der Waals surface area contributed by atoms with Crippen LogP contribution in [0, 0.1) is 0 Å². The standard InChI is InChI=1S/C17H17F3N2O2/c18-17(19,20)11-22(13-7-9-24-10-8-13)16(23)15-6-5-12-3-1-2-4-14(12)21-15/h1-6,13H,7-11H2. The van der Waals surface area contributed by atoms with Gasteiger partial charge in [-0.05, 0) is 25.0 Å². The Morgan fingerprint density at radius 1 is 1.17 bits per heavy atom. The molecule has 1 aromatic carbocycles. The lowest BCUT2D eigenvalue weighted by atomic mass is 10.1. The molecule has 0 atom stereocenters. The molecule has 3 rings (SSSR count). The van der Waals surface area contributed by atoms with E-state index >= 15 is 0 Å². The molecule has 0 bridgehead atoms.